The van der Waals surface area contributed by atoms with Gasteiger partial charge in [0.25, 0.3) is 5.91 Å². The number of hydrogen-bond donors (Lipinski definition) is 1. The fourth-order valence-electron chi connectivity index (χ4n) is 2.19. The molecule has 0 aliphatic carbocycles. The highest BCUT2D eigenvalue weighted by Gasteiger charge is 2.14. The summed E-state index contributed by atoms with van der Waals surface area (Å²) < 4.78 is 34.4. The quantitative estimate of drug-likeness (QED) is 0.793. The van der Waals surface area contributed by atoms with Crippen molar-refractivity contribution in [3.8, 4) is 23.0 Å². The van der Waals surface area contributed by atoms with E-state index in [0.717, 1.165) is 5.56 Å². The molecule has 0 atom stereocenters. The van der Waals surface area contributed by atoms with E-state index in [2.05, 4.69) is 5.32 Å². The molecule has 0 bridgehead atoms. The molecule has 25 heavy (non-hydrogen) atoms. The number of methoxy groups -OCH3 is 3. The van der Waals surface area contributed by atoms with Crippen molar-refractivity contribution in [3.05, 3.63) is 47.8 Å². The van der Waals surface area contributed by atoms with Crippen molar-refractivity contribution in [1.29, 1.82) is 0 Å². The average Bonchev–Trinajstić information content (AvgIpc) is 2.64. The van der Waals surface area contributed by atoms with Gasteiger partial charge in [-0.1, -0.05) is 12.1 Å². The van der Waals surface area contributed by atoms with Crippen LogP contribution in [0.3, 0.4) is 0 Å². The van der Waals surface area contributed by atoms with Crippen molar-refractivity contribution in [2.45, 2.75) is 6.54 Å². The molecule has 0 radical (unpaired) electrons. The van der Waals surface area contributed by atoms with E-state index in [1.807, 2.05) is 0 Å². The molecule has 7 heteroatoms. The largest absolute Gasteiger partial charge is 0.493 e. The molecule has 0 unspecified atom stereocenters. The van der Waals surface area contributed by atoms with Crippen molar-refractivity contribution >= 4 is 5.91 Å². The zero-order chi connectivity index (χ0) is 18.2. The predicted octanol–water partition coefficient (Wildman–Crippen LogP) is 2.55. The van der Waals surface area contributed by atoms with Crippen molar-refractivity contribution in [2.24, 2.45) is 0 Å². The van der Waals surface area contributed by atoms with E-state index in [0.29, 0.717) is 17.2 Å². The van der Waals surface area contributed by atoms with Gasteiger partial charge in [0.15, 0.2) is 29.7 Å². The fourth-order valence-corrected chi connectivity index (χ4v) is 2.19. The molecular weight excluding hydrogens is 329 g/mol. The smallest absolute Gasteiger partial charge is 0.258 e. The number of nitrogens with one attached hydrogen (secondary N) is 1. The van der Waals surface area contributed by atoms with E-state index in [9.17, 15) is 9.18 Å². The number of carbonyl (C=O) groups excluding carboxylic acids is 1. The lowest BCUT2D eigenvalue weighted by Gasteiger charge is -2.14. The summed E-state index contributed by atoms with van der Waals surface area (Å²) in [5.41, 5.74) is 0.758. The van der Waals surface area contributed by atoms with E-state index in [1.54, 1.807) is 24.3 Å². The van der Waals surface area contributed by atoms with Crippen molar-refractivity contribution < 1.29 is 28.1 Å². The molecule has 2 aromatic rings. The second kappa shape index (κ2) is 8.77. The summed E-state index contributed by atoms with van der Waals surface area (Å²) in [5.74, 6) is 0.604. The zero-order valence-corrected chi connectivity index (χ0v) is 14.3. The first-order valence-electron chi connectivity index (χ1n) is 7.52. The van der Waals surface area contributed by atoms with E-state index < -0.39 is 5.82 Å². The summed E-state index contributed by atoms with van der Waals surface area (Å²) in [5, 5.41) is 2.69. The summed E-state index contributed by atoms with van der Waals surface area (Å²) in [6.07, 6.45) is 0. The van der Waals surface area contributed by atoms with Gasteiger partial charge in [-0.2, -0.15) is 0 Å². The topological polar surface area (TPSA) is 66.0 Å². The number of ether oxygens (including phenoxy) is 4. The standard InChI is InChI=1S/C18H20FNO5/c1-22-15-8-12(9-16(23-2)18(15)24-3)10-20-17(21)11-25-14-7-5-4-6-13(14)19/h4-9H,10-11H2,1-3H3,(H,20,21). The van der Waals surface area contributed by atoms with Crippen LogP contribution in [-0.4, -0.2) is 33.8 Å². The molecule has 6 nitrogen and oxygen atoms in total. The van der Waals surface area contributed by atoms with E-state index in [-0.39, 0.29) is 24.8 Å². The summed E-state index contributed by atoms with van der Waals surface area (Å²) in [4.78, 5) is 11.9. The van der Waals surface area contributed by atoms with E-state index in [4.69, 9.17) is 18.9 Å². The van der Waals surface area contributed by atoms with Crippen LogP contribution in [0.4, 0.5) is 4.39 Å². The minimum Gasteiger partial charge on any atom is -0.493 e. The fraction of sp³-hybridized carbons (Fsp3) is 0.278. The Hall–Kier alpha value is -2.96. The Morgan fingerprint density at radius 3 is 2.20 bits per heavy atom. The number of rotatable bonds is 8. The maximum atomic E-state index is 13.4. The highest BCUT2D eigenvalue weighted by molar-refractivity contribution is 5.77. The molecule has 0 aromatic heterocycles. The Labute approximate surface area is 145 Å². The van der Waals surface area contributed by atoms with Crippen LogP contribution in [0.2, 0.25) is 0 Å². The number of amides is 1. The van der Waals surface area contributed by atoms with Crippen LogP contribution < -0.4 is 24.3 Å². The minimum atomic E-state index is -0.514. The van der Waals surface area contributed by atoms with Gasteiger partial charge in [0, 0.05) is 6.54 Å². The van der Waals surface area contributed by atoms with Crippen LogP contribution in [-0.2, 0) is 11.3 Å². The van der Waals surface area contributed by atoms with Gasteiger partial charge < -0.3 is 24.3 Å². The number of benzene rings is 2. The zero-order valence-electron chi connectivity index (χ0n) is 14.3. The number of carbonyl (C=O) groups is 1. The highest BCUT2D eigenvalue weighted by Crippen LogP contribution is 2.38. The number of halogens is 1. The molecule has 0 aliphatic rings. The molecule has 2 aromatic carbocycles. The Kier molecular flexibility index (Phi) is 6.45. The summed E-state index contributed by atoms with van der Waals surface area (Å²) >= 11 is 0. The minimum absolute atomic E-state index is 0.0328. The number of hydrogen-bond acceptors (Lipinski definition) is 5. The van der Waals surface area contributed by atoms with Gasteiger partial charge in [0.05, 0.1) is 21.3 Å². The maximum Gasteiger partial charge on any atom is 0.258 e. The van der Waals surface area contributed by atoms with E-state index in [1.165, 1.54) is 33.5 Å². The van der Waals surface area contributed by atoms with Gasteiger partial charge in [-0.25, -0.2) is 4.39 Å². The van der Waals surface area contributed by atoms with E-state index >= 15 is 0 Å². The molecule has 134 valence electrons. The summed E-state index contributed by atoms with van der Waals surface area (Å²) in [7, 11) is 4.55. The van der Waals surface area contributed by atoms with Gasteiger partial charge in [-0.3, -0.25) is 4.79 Å². The lowest BCUT2D eigenvalue weighted by atomic mass is 10.1. The third-order valence-electron chi connectivity index (χ3n) is 3.41. The predicted molar refractivity (Wildman–Crippen MR) is 89.8 cm³/mol. The second-order valence-electron chi connectivity index (χ2n) is 5.03. The van der Waals surface area contributed by atoms with Crippen molar-refractivity contribution in [3.63, 3.8) is 0 Å². The average molecular weight is 349 g/mol. The second-order valence-corrected chi connectivity index (χ2v) is 5.03. The molecule has 0 saturated carbocycles. The first-order valence-corrected chi connectivity index (χ1v) is 7.52. The maximum absolute atomic E-state index is 13.4. The van der Waals surface area contributed by atoms with Gasteiger partial charge in [-0.15, -0.1) is 0 Å². The third-order valence-corrected chi connectivity index (χ3v) is 3.41. The normalized spacial score (nSPS) is 10.1. The molecule has 0 spiro atoms. The highest BCUT2D eigenvalue weighted by atomic mass is 19.1. The molecular formula is C18H20FNO5. The van der Waals surface area contributed by atoms with Crippen LogP contribution in [0.25, 0.3) is 0 Å². The SMILES string of the molecule is COc1cc(CNC(=O)COc2ccccc2F)cc(OC)c1OC. The molecule has 2 rings (SSSR count). The van der Waals surface area contributed by atoms with Crippen LogP contribution in [0, 0.1) is 5.82 Å². The van der Waals surface area contributed by atoms with Crippen LogP contribution in [0.1, 0.15) is 5.56 Å². The first kappa shape index (κ1) is 18.4. The summed E-state index contributed by atoms with van der Waals surface area (Å²) in [6, 6.07) is 9.38. The Morgan fingerprint density at radius 2 is 1.64 bits per heavy atom. The Balaban J connectivity index is 1.96. The van der Waals surface area contributed by atoms with Gasteiger partial charge in [-0.05, 0) is 29.8 Å². The Bertz CT molecular complexity index is 710. The lowest BCUT2D eigenvalue weighted by molar-refractivity contribution is -0.123. The molecule has 0 aliphatic heterocycles. The van der Waals surface area contributed by atoms with Crippen LogP contribution in [0.5, 0.6) is 23.0 Å². The summed E-state index contributed by atoms with van der Waals surface area (Å²) in [6.45, 7) is -0.0540. The number of para-hydroxylation sites is 1. The Morgan fingerprint density at radius 1 is 1.00 bits per heavy atom. The first-order chi connectivity index (χ1) is 12.1. The molecule has 0 fully saturated rings. The molecule has 1 amide bonds. The van der Waals surface area contributed by atoms with Crippen LogP contribution >= 0.6 is 0 Å². The monoisotopic (exact) mass is 349 g/mol. The molecule has 0 heterocycles. The van der Waals surface area contributed by atoms with Crippen molar-refractivity contribution in [1.82, 2.24) is 5.32 Å². The van der Waals surface area contributed by atoms with Gasteiger partial charge >= 0.3 is 0 Å². The van der Waals surface area contributed by atoms with Crippen LogP contribution in [0.15, 0.2) is 36.4 Å². The van der Waals surface area contributed by atoms with Crippen molar-refractivity contribution in [2.75, 3.05) is 27.9 Å². The molecule has 1 N–H and O–H groups in total. The molecule has 0 saturated heterocycles. The van der Waals surface area contributed by atoms with Gasteiger partial charge in [0.1, 0.15) is 0 Å². The third kappa shape index (κ3) is 4.76. The van der Waals surface area contributed by atoms with Gasteiger partial charge in [0.2, 0.25) is 5.75 Å². The lowest BCUT2D eigenvalue weighted by Crippen LogP contribution is -2.28.